The summed E-state index contributed by atoms with van der Waals surface area (Å²) in [5, 5.41) is 9.77. The van der Waals surface area contributed by atoms with Gasteiger partial charge in [-0.25, -0.2) is 0 Å². The Morgan fingerprint density at radius 1 is 1.00 bits per heavy atom. The van der Waals surface area contributed by atoms with Crippen molar-refractivity contribution in [3.8, 4) is 0 Å². The van der Waals surface area contributed by atoms with Crippen molar-refractivity contribution >= 4 is 22.7 Å². The van der Waals surface area contributed by atoms with Crippen molar-refractivity contribution in [1.29, 1.82) is 0 Å². The largest absolute Gasteiger partial charge is 0.481 e. The first kappa shape index (κ1) is 13.1. The molecule has 0 aliphatic carbocycles. The molecule has 104 valence electrons. The lowest BCUT2D eigenvalue weighted by molar-refractivity contribution is -0.136. The maximum Gasteiger partial charge on any atom is 0.307 e. The number of hydrogen-bond acceptors (Lipinski definition) is 3. The molecule has 4 nitrogen and oxygen atoms in total. The van der Waals surface area contributed by atoms with Crippen LogP contribution in [0.1, 0.15) is 21.7 Å². The molecule has 1 aromatic heterocycles. The Hall–Kier alpha value is -2.88. The van der Waals surface area contributed by atoms with Crippen molar-refractivity contribution in [2.45, 2.75) is 6.42 Å². The minimum absolute atomic E-state index is 0.192. The average Bonchev–Trinajstić information content (AvgIpc) is 2.90. The van der Waals surface area contributed by atoms with Crippen LogP contribution in [0.25, 0.3) is 11.0 Å². The minimum atomic E-state index is -0.972. The lowest BCUT2D eigenvalue weighted by Gasteiger charge is -2.04. The van der Waals surface area contributed by atoms with Gasteiger partial charge in [-0.15, -0.1) is 0 Å². The van der Waals surface area contributed by atoms with Crippen molar-refractivity contribution in [1.82, 2.24) is 0 Å². The Balaban J connectivity index is 2.03. The number of hydrogen-bond donors (Lipinski definition) is 1. The van der Waals surface area contributed by atoms with Crippen LogP contribution >= 0.6 is 0 Å². The molecular formula is C17H12O4. The molecule has 0 saturated carbocycles. The van der Waals surface area contributed by atoms with Crippen molar-refractivity contribution < 1.29 is 19.1 Å². The highest BCUT2D eigenvalue weighted by atomic mass is 16.4. The van der Waals surface area contributed by atoms with E-state index in [4.69, 9.17) is 9.52 Å². The van der Waals surface area contributed by atoms with E-state index in [-0.39, 0.29) is 18.0 Å². The molecule has 3 rings (SSSR count). The topological polar surface area (TPSA) is 67.5 Å². The summed E-state index contributed by atoms with van der Waals surface area (Å²) in [5.41, 5.74) is 1.48. The molecule has 1 heterocycles. The van der Waals surface area contributed by atoms with E-state index in [1.165, 1.54) is 0 Å². The molecule has 0 aliphatic rings. The van der Waals surface area contributed by atoms with Crippen molar-refractivity contribution in [2.24, 2.45) is 0 Å². The third-order valence-corrected chi connectivity index (χ3v) is 3.25. The number of para-hydroxylation sites is 1. The second-order valence-electron chi connectivity index (χ2n) is 4.71. The Labute approximate surface area is 120 Å². The summed E-state index contributed by atoms with van der Waals surface area (Å²) in [6.07, 6.45) is -0.192. The monoisotopic (exact) mass is 280 g/mol. The van der Waals surface area contributed by atoms with Gasteiger partial charge < -0.3 is 9.52 Å². The first-order chi connectivity index (χ1) is 10.1. The van der Waals surface area contributed by atoms with E-state index in [1.54, 1.807) is 36.4 Å². The van der Waals surface area contributed by atoms with Gasteiger partial charge in [-0.05, 0) is 17.7 Å². The summed E-state index contributed by atoms with van der Waals surface area (Å²) in [6, 6.07) is 15.7. The molecule has 0 atom stereocenters. The van der Waals surface area contributed by atoms with Gasteiger partial charge >= 0.3 is 5.97 Å². The highest BCUT2D eigenvalue weighted by Gasteiger charge is 2.18. The normalized spacial score (nSPS) is 10.7. The van der Waals surface area contributed by atoms with Gasteiger partial charge in [0.25, 0.3) is 0 Å². The lowest BCUT2D eigenvalue weighted by Crippen LogP contribution is -2.08. The van der Waals surface area contributed by atoms with E-state index >= 15 is 0 Å². The molecule has 0 aliphatic heterocycles. The minimum Gasteiger partial charge on any atom is -0.481 e. The molecule has 0 amide bonds. The number of carboxylic acid groups (broad SMARTS) is 1. The van der Waals surface area contributed by atoms with Crippen molar-refractivity contribution in [3.63, 3.8) is 0 Å². The SMILES string of the molecule is O=C(O)Cc1ccccc1C(=O)c1cc2ccccc2o1. The summed E-state index contributed by atoms with van der Waals surface area (Å²) in [4.78, 5) is 23.4. The molecule has 0 unspecified atom stereocenters. The van der Waals surface area contributed by atoms with E-state index in [1.807, 2.05) is 18.2 Å². The zero-order valence-corrected chi connectivity index (χ0v) is 11.1. The van der Waals surface area contributed by atoms with Gasteiger partial charge in [-0.3, -0.25) is 9.59 Å². The van der Waals surface area contributed by atoms with Crippen molar-refractivity contribution in [3.05, 3.63) is 71.5 Å². The Kier molecular flexibility index (Phi) is 3.28. The third kappa shape index (κ3) is 2.56. The van der Waals surface area contributed by atoms with E-state index in [0.717, 1.165) is 5.39 Å². The van der Waals surface area contributed by atoms with Gasteiger partial charge in [0, 0.05) is 10.9 Å². The van der Waals surface area contributed by atoms with Crippen LogP contribution in [0.5, 0.6) is 0 Å². The number of carbonyl (C=O) groups excluding carboxylic acids is 1. The number of rotatable bonds is 4. The summed E-state index contributed by atoms with van der Waals surface area (Å²) in [7, 11) is 0. The van der Waals surface area contributed by atoms with Gasteiger partial charge in [-0.1, -0.05) is 42.5 Å². The molecule has 2 aromatic carbocycles. The fourth-order valence-electron chi connectivity index (χ4n) is 2.29. The standard InChI is InChI=1S/C17H12O4/c18-16(19)10-11-5-1-3-7-13(11)17(20)15-9-12-6-2-4-8-14(12)21-15/h1-9H,10H2,(H,18,19). The molecule has 0 fully saturated rings. The molecule has 0 spiro atoms. The van der Waals surface area contributed by atoms with Crippen LogP contribution in [0.2, 0.25) is 0 Å². The van der Waals surface area contributed by atoms with Crippen LogP contribution in [-0.2, 0) is 11.2 Å². The summed E-state index contributed by atoms with van der Waals surface area (Å²) >= 11 is 0. The second kappa shape index (κ2) is 5.25. The molecule has 0 bridgehead atoms. The van der Waals surface area contributed by atoms with Gasteiger partial charge in [-0.2, -0.15) is 0 Å². The predicted octanol–water partition coefficient (Wildman–Crippen LogP) is 3.29. The molecule has 4 heteroatoms. The average molecular weight is 280 g/mol. The number of furan rings is 1. The van der Waals surface area contributed by atoms with Crippen molar-refractivity contribution in [2.75, 3.05) is 0 Å². The number of aliphatic carboxylic acids is 1. The maximum absolute atomic E-state index is 12.5. The predicted molar refractivity (Wildman–Crippen MR) is 77.4 cm³/mol. The van der Waals surface area contributed by atoms with Gasteiger partial charge in [0.2, 0.25) is 5.78 Å². The van der Waals surface area contributed by atoms with E-state index in [0.29, 0.717) is 16.7 Å². The van der Waals surface area contributed by atoms with Crippen LogP contribution in [0.15, 0.2) is 59.0 Å². The number of carbonyl (C=O) groups is 2. The van der Waals surface area contributed by atoms with E-state index in [2.05, 4.69) is 0 Å². The molecular weight excluding hydrogens is 268 g/mol. The van der Waals surface area contributed by atoms with Crippen LogP contribution in [0, 0.1) is 0 Å². The van der Waals surface area contributed by atoms with Gasteiger partial charge in [0.15, 0.2) is 5.76 Å². The molecule has 0 radical (unpaired) electrons. The number of fused-ring (bicyclic) bond motifs is 1. The van der Waals surface area contributed by atoms with E-state index in [9.17, 15) is 9.59 Å². The van der Waals surface area contributed by atoms with Gasteiger partial charge in [0.05, 0.1) is 6.42 Å². The quantitative estimate of drug-likeness (QED) is 0.745. The van der Waals surface area contributed by atoms with Crippen LogP contribution < -0.4 is 0 Å². The fraction of sp³-hybridized carbons (Fsp3) is 0.0588. The Bertz CT molecular complexity index is 796. The Morgan fingerprint density at radius 2 is 1.71 bits per heavy atom. The Morgan fingerprint density at radius 3 is 2.48 bits per heavy atom. The molecule has 3 aromatic rings. The second-order valence-corrected chi connectivity index (χ2v) is 4.71. The van der Waals surface area contributed by atoms with Gasteiger partial charge in [0.1, 0.15) is 5.58 Å². The lowest BCUT2D eigenvalue weighted by atomic mass is 10.00. The van der Waals surface area contributed by atoms with Crippen LogP contribution in [0.3, 0.4) is 0 Å². The molecule has 0 saturated heterocycles. The zero-order valence-electron chi connectivity index (χ0n) is 11.1. The van der Waals surface area contributed by atoms with E-state index < -0.39 is 5.97 Å². The third-order valence-electron chi connectivity index (χ3n) is 3.25. The summed E-state index contributed by atoms with van der Waals surface area (Å²) < 4.78 is 5.55. The smallest absolute Gasteiger partial charge is 0.307 e. The van der Waals surface area contributed by atoms with Crippen LogP contribution in [0.4, 0.5) is 0 Å². The fourth-order valence-corrected chi connectivity index (χ4v) is 2.29. The molecule has 1 N–H and O–H groups in total. The number of benzene rings is 2. The molecule has 21 heavy (non-hydrogen) atoms. The summed E-state index contributed by atoms with van der Waals surface area (Å²) in [6.45, 7) is 0. The van der Waals surface area contributed by atoms with Crippen LogP contribution in [-0.4, -0.2) is 16.9 Å². The highest BCUT2D eigenvalue weighted by molar-refractivity contribution is 6.10. The first-order valence-electron chi connectivity index (χ1n) is 6.48. The zero-order chi connectivity index (χ0) is 14.8. The first-order valence-corrected chi connectivity index (χ1v) is 6.48. The summed E-state index contributed by atoms with van der Waals surface area (Å²) in [5.74, 6) is -1.06. The number of ketones is 1. The highest BCUT2D eigenvalue weighted by Crippen LogP contribution is 2.22. The number of carboxylic acids is 1. The maximum atomic E-state index is 12.5.